The molecule has 0 aliphatic carbocycles. The maximum absolute atomic E-state index is 13.4. The summed E-state index contributed by atoms with van der Waals surface area (Å²) in [5, 5.41) is 3.68. The van der Waals surface area contributed by atoms with Crippen molar-refractivity contribution in [1.29, 1.82) is 0 Å². The zero-order valence-electron chi connectivity index (χ0n) is 13.1. The van der Waals surface area contributed by atoms with E-state index in [9.17, 15) is 4.39 Å². The monoisotopic (exact) mass is 376 g/mol. The van der Waals surface area contributed by atoms with Gasteiger partial charge >= 0.3 is 0 Å². The molecule has 4 rings (SSSR count). The molecule has 1 aliphatic rings. The minimum Gasteiger partial charge on any atom is -0.375 e. The molecule has 0 radical (unpaired) electrons. The highest BCUT2D eigenvalue weighted by Crippen LogP contribution is 2.45. The Morgan fingerprint density at radius 2 is 1.92 bits per heavy atom. The van der Waals surface area contributed by atoms with Gasteiger partial charge in [0.05, 0.1) is 21.1 Å². The van der Waals surface area contributed by atoms with Crippen molar-refractivity contribution in [2.24, 2.45) is 4.99 Å². The predicted octanol–water partition coefficient (Wildman–Crippen LogP) is 6.16. The van der Waals surface area contributed by atoms with Crippen molar-refractivity contribution in [1.82, 2.24) is 0 Å². The summed E-state index contributed by atoms with van der Waals surface area (Å²) >= 11 is 5.88. The molecular formula is C18H14ClFN2S2. The van der Waals surface area contributed by atoms with E-state index in [0.29, 0.717) is 5.69 Å². The summed E-state index contributed by atoms with van der Waals surface area (Å²) in [5.41, 5.74) is 3.92. The highest BCUT2D eigenvalue weighted by molar-refractivity contribution is 7.68. The first kappa shape index (κ1) is 15.8. The number of nitrogens with one attached hydrogen (secondary N) is 1. The summed E-state index contributed by atoms with van der Waals surface area (Å²) < 4.78 is 14.3. The lowest BCUT2D eigenvalue weighted by molar-refractivity contribution is 0.619. The van der Waals surface area contributed by atoms with E-state index in [1.165, 1.54) is 10.9 Å². The van der Waals surface area contributed by atoms with E-state index < -0.39 is 5.82 Å². The molecule has 0 atom stereocenters. The van der Waals surface area contributed by atoms with Gasteiger partial charge in [0.25, 0.3) is 0 Å². The number of benzene rings is 2. The predicted molar refractivity (Wildman–Crippen MR) is 101 cm³/mol. The second kappa shape index (κ2) is 5.69. The van der Waals surface area contributed by atoms with E-state index in [1.54, 1.807) is 32.8 Å². The third kappa shape index (κ3) is 2.57. The molecule has 0 fully saturated rings. The topological polar surface area (TPSA) is 24.4 Å². The number of fused-ring (bicyclic) bond motifs is 3. The van der Waals surface area contributed by atoms with Gasteiger partial charge in [-0.25, -0.2) is 9.38 Å². The van der Waals surface area contributed by atoms with Gasteiger partial charge in [-0.05, 0) is 38.1 Å². The SMILES string of the molecule is CC1(C)Nc2ccccc2-c2c1ssc2=Nc1ccc(F)c(Cl)c1. The minimum atomic E-state index is -0.428. The minimum absolute atomic E-state index is 0.0905. The summed E-state index contributed by atoms with van der Waals surface area (Å²) in [6, 6.07) is 12.8. The van der Waals surface area contributed by atoms with E-state index >= 15 is 0 Å². The molecule has 0 saturated heterocycles. The van der Waals surface area contributed by atoms with Crippen LogP contribution in [0.2, 0.25) is 5.02 Å². The van der Waals surface area contributed by atoms with Crippen molar-refractivity contribution in [3.63, 3.8) is 0 Å². The number of hydrogen-bond acceptors (Lipinski definition) is 4. The fraction of sp³-hybridized carbons (Fsp3) is 0.167. The lowest BCUT2D eigenvalue weighted by Gasteiger charge is -2.33. The molecule has 1 N–H and O–H groups in total. The average molecular weight is 377 g/mol. The van der Waals surface area contributed by atoms with Gasteiger partial charge in [0.1, 0.15) is 10.5 Å². The Morgan fingerprint density at radius 3 is 2.71 bits per heavy atom. The van der Waals surface area contributed by atoms with Crippen molar-refractivity contribution in [3.05, 3.63) is 62.9 Å². The number of halogens is 2. The molecule has 0 bridgehead atoms. The molecular weight excluding hydrogens is 363 g/mol. The van der Waals surface area contributed by atoms with E-state index in [1.807, 2.05) is 12.1 Å². The molecule has 2 nitrogen and oxygen atoms in total. The smallest absolute Gasteiger partial charge is 0.141 e. The van der Waals surface area contributed by atoms with Crippen molar-refractivity contribution in [2.45, 2.75) is 19.4 Å². The van der Waals surface area contributed by atoms with Crippen LogP contribution in [0.4, 0.5) is 15.8 Å². The van der Waals surface area contributed by atoms with Gasteiger partial charge in [0, 0.05) is 16.8 Å². The standard InChI is InChI=1S/C18H14ClFN2S2/c1-18(2)16-15(11-5-3-4-6-14(11)22-18)17(24-23-16)21-10-7-8-13(20)12(19)9-10/h3-9,22H,1-2H3. The molecule has 2 heterocycles. The van der Waals surface area contributed by atoms with Gasteiger partial charge in [0.2, 0.25) is 0 Å². The zero-order valence-corrected chi connectivity index (χ0v) is 15.5. The first-order chi connectivity index (χ1) is 11.5. The maximum Gasteiger partial charge on any atom is 0.141 e. The van der Waals surface area contributed by atoms with Gasteiger partial charge in [-0.15, -0.1) is 0 Å². The Morgan fingerprint density at radius 1 is 1.12 bits per heavy atom. The molecule has 3 aromatic rings. The van der Waals surface area contributed by atoms with Crippen LogP contribution in [0.25, 0.3) is 11.1 Å². The summed E-state index contributed by atoms with van der Waals surface area (Å²) in [4.78, 5) is 5.99. The highest BCUT2D eigenvalue weighted by Gasteiger charge is 2.33. The summed E-state index contributed by atoms with van der Waals surface area (Å²) in [6.45, 7) is 4.34. The molecule has 0 saturated carbocycles. The highest BCUT2D eigenvalue weighted by atomic mass is 35.5. The molecule has 6 heteroatoms. The van der Waals surface area contributed by atoms with E-state index in [0.717, 1.165) is 21.5 Å². The third-order valence-corrected chi connectivity index (χ3v) is 6.92. The van der Waals surface area contributed by atoms with Crippen LogP contribution in [0, 0.1) is 5.82 Å². The second-order valence-corrected chi connectivity index (χ2v) is 8.72. The van der Waals surface area contributed by atoms with Crippen LogP contribution < -0.4 is 9.99 Å². The molecule has 122 valence electrons. The van der Waals surface area contributed by atoms with E-state index in [-0.39, 0.29) is 10.6 Å². The summed E-state index contributed by atoms with van der Waals surface area (Å²) in [7, 11) is 3.36. The molecule has 0 spiro atoms. The fourth-order valence-electron chi connectivity index (χ4n) is 2.87. The van der Waals surface area contributed by atoms with Gasteiger partial charge < -0.3 is 5.32 Å². The molecule has 1 aromatic heterocycles. The molecule has 2 aromatic carbocycles. The van der Waals surface area contributed by atoms with Crippen molar-refractivity contribution in [2.75, 3.05) is 5.32 Å². The number of para-hydroxylation sites is 1. The van der Waals surface area contributed by atoms with Crippen molar-refractivity contribution < 1.29 is 4.39 Å². The lowest BCUT2D eigenvalue weighted by atomic mass is 9.90. The third-order valence-electron chi connectivity index (χ3n) is 3.99. The molecule has 24 heavy (non-hydrogen) atoms. The van der Waals surface area contributed by atoms with Crippen LogP contribution in [-0.2, 0) is 5.54 Å². The first-order valence-corrected chi connectivity index (χ1v) is 9.99. The fourth-order valence-corrected chi connectivity index (χ4v) is 5.98. The first-order valence-electron chi connectivity index (χ1n) is 7.47. The van der Waals surface area contributed by atoms with Gasteiger partial charge in [-0.2, -0.15) is 0 Å². The van der Waals surface area contributed by atoms with Crippen LogP contribution in [0.5, 0.6) is 0 Å². The van der Waals surface area contributed by atoms with Crippen LogP contribution in [0.1, 0.15) is 18.7 Å². The lowest BCUT2D eigenvalue weighted by Crippen LogP contribution is -2.31. The van der Waals surface area contributed by atoms with Crippen molar-refractivity contribution >= 4 is 43.7 Å². The largest absolute Gasteiger partial charge is 0.375 e. The van der Waals surface area contributed by atoms with Crippen LogP contribution >= 0.6 is 32.3 Å². The van der Waals surface area contributed by atoms with Gasteiger partial charge in [-0.1, -0.05) is 50.5 Å². The molecule has 0 unspecified atom stereocenters. The normalized spacial score (nSPS) is 15.6. The van der Waals surface area contributed by atoms with Gasteiger partial charge in [0.15, 0.2) is 0 Å². The Balaban J connectivity index is 1.96. The molecule has 1 aliphatic heterocycles. The van der Waals surface area contributed by atoms with Gasteiger partial charge in [-0.3, -0.25) is 0 Å². The zero-order chi connectivity index (χ0) is 16.9. The van der Waals surface area contributed by atoms with Crippen LogP contribution in [0.15, 0.2) is 47.5 Å². The van der Waals surface area contributed by atoms with Crippen molar-refractivity contribution in [3.8, 4) is 11.1 Å². The average Bonchev–Trinajstić information content (AvgIpc) is 2.96. The number of anilines is 1. The Hall–Kier alpha value is -1.69. The Bertz CT molecular complexity index is 1000. The van der Waals surface area contributed by atoms with E-state index in [2.05, 4.69) is 31.3 Å². The molecule has 0 amide bonds. The van der Waals surface area contributed by atoms with Crippen LogP contribution in [0.3, 0.4) is 0 Å². The second-order valence-electron chi connectivity index (χ2n) is 6.18. The summed E-state index contributed by atoms with van der Waals surface area (Å²) in [6.07, 6.45) is 0. The van der Waals surface area contributed by atoms with E-state index in [4.69, 9.17) is 16.6 Å². The maximum atomic E-state index is 13.4. The number of hydrogen-bond donors (Lipinski definition) is 1. The summed E-state index contributed by atoms with van der Waals surface area (Å²) in [5.74, 6) is -0.428. The van der Waals surface area contributed by atoms with Crippen LogP contribution in [-0.4, -0.2) is 0 Å². The quantitative estimate of drug-likeness (QED) is 0.505. The number of rotatable bonds is 1. The Labute approximate surface area is 151 Å². The number of nitrogens with zero attached hydrogens (tertiary/aromatic N) is 1. The Kier molecular flexibility index (Phi) is 3.75.